The molecular weight excluding hydrogens is 294 g/mol. The summed E-state index contributed by atoms with van der Waals surface area (Å²) in [6.45, 7) is 7.26. The van der Waals surface area contributed by atoms with E-state index in [2.05, 4.69) is 32.2 Å². The Morgan fingerprint density at radius 1 is 1.45 bits per heavy atom. The van der Waals surface area contributed by atoms with E-state index in [-0.39, 0.29) is 11.3 Å². The van der Waals surface area contributed by atoms with Gasteiger partial charge in [0, 0.05) is 4.88 Å². The zero-order valence-electron chi connectivity index (χ0n) is 14.2. The van der Waals surface area contributed by atoms with Crippen LogP contribution >= 0.6 is 11.3 Å². The number of carbonyl (C=O) groups excluding carboxylic acids is 1. The minimum Gasteiger partial charge on any atom is -0.332 e. The maximum atomic E-state index is 12.0. The Hall–Kier alpha value is -1.38. The molecule has 0 aromatic carbocycles. The smallest absolute Gasteiger partial charge is 0.280 e. The van der Waals surface area contributed by atoms with E-state index in [0.29, 0.717) is 18.0 Å². The monoisotopic (exact) mass is 320 g/mol. The van der Waals surface area contributed by atoms with Crippen LogP contribution in [0.1, 0.15) is 43.2 Å². The van der Waals surface area contributed by atoms with E-state index in [1.165, 1.54) is 10.4 Å². The Morgan fingerprint density at radius 3 is 2.68 bits per heavy atom. The van der Waals surface area contributed by atoms with E-state index in [4.69, 9.17) is 0 Å². The molecule has 0 unspecified atom stereocenters. The summed E-state index contributed by atoms with van der Waals surface area (Å²) in [5.41, 5.74) is 2.14. The molecule has 1 atom stereocenters. The molecule has 0 saturated heterocycles. The predicted octanol–water partition coefficient (Wildman–Crippen LogP) is 1.85. The second-order valence-corrected chi connectivity index (χ2v) is 8.66. The summed E-state index contributed by atoms with van der Waals surface area (Å²) in [5, 5.41) is 13.2. The number of nitrogens with one attached hydrogen (secondary N) is 2. The van der Waals surface area contributed by atoms with Crippen LogP contribution < -0.4 is 10.2 Å². The number of nitrogens with zero attached hydrogens (tertiary/aromatic N) is 1. The van der Waals surface area contributed by atoms with Gasteiger partial charge in [-0.15, -0.1) is 11.3 Å². The first-order chi connectivity index (χ1) is 10.2. The fourth-order valence-electron chi connectivity index (χ4n) is 3.02. The van der Waals surface area contributed by atoms with Gasteiger partial charge in [0.15, 0.2) is 6.54 Å². The second kappa shape index (κ2) is 6.39. The quantitative estimate of drug-likeness (QED) is 0.893. The highest BCUT2D eigenvalue weighted by molar-refractivity contribution is 7.16. The van der Waals surface area contributed by atoms with Crippen LogP contribution in [-0.2, 0) is 17.6 Å². The lowest BCUT2D eigenvalue weighted by Crippen LogP contribution is -3.06. The Labute approximate surface area is 137 Å². The van der Waals surface area contributed by atoms with Gasteiger partial charge in [0.2, 0.25) is 0 Å². The normalized spacial score (nSPS) is 18.0. The summed E-state index contributed by atoms with van der Waals surface area (Å²) in [7, 11) is 3.89. The standard InChI is InChI=1S/C17H25N3OS/c1-17(2,3)11-6-7-12-13(9-18)16(22-14(12)8-11)19-15(21)10-20(4)5/h11H,6-8,10H2,1-5H3,(H,19,21)/p+1/t11-/m0/s1. The first kappa shape index (κ1) is 17.0. The van der Waals surface area contributed by atoms with Gasteiger partial charge in [-0.25, -0.2) is 0 Å². The lowest BCUT2D eigenvalue weighted by atomic mass is 9.72. The number of carbonyl (C=O) groups is 1. The number of rotatable bonds is 3. The maximum absolute atomic E-state index is 12.0. The van der Waals surface area contributed by atoms with Gasteiger partial charge in [-0.2, -0.15) is 5.26 Å². The van der Waals surface area contributed by atoms with Gasteiger partial charge in [0.25, 0.3) is 5.91 Å². The van der Waals surface area contributed by atoms with Crippen molar-refractivity contribution in [3.05, 3.63) is 16.0 Å². The van der Waals surface area contributed by atoms with Crippen molar-refractivity contribution in [1.29, 1.82) is 5.26 Å². The molecule has 1 aromatic heterocycles. The van der Waals surface area contributed by atoms with Crippen molar-refractivity contribution in [2.24, 2.45) is 11.3 Å². The molecule has 5 heteroatoms. The molecule has 1 amide bonds. The van der Waals surface area contributed by atoms with Gasteiger partial charge in [-0.3, -0.25) is 4.79 Å². The van der Waals surface area contributed by atoms with Crippen molar-refractivity contribution in [3.63, 3.8) is 0 Å². The molecule has 0 radical (unpaired) electrons. The SMILES string of the molecule is C[NH+](C)CC(=O)Nc1sc2c(c1C#N)CC[C@H](C(C)(C)C)C2. The molecule has 0 aliphatic heterocycles. The number of anilines is 1. The van der Waals surface area contributed by atoms with Crippen molar-refractivity contribution in [2.75, 3.05) is 26.0 Å². The van der Waals surface area contributed by atoms with Crippen molar-refractivity contribution < 1.29 is 9.69 Å². The number of fused-ring (bicyclic) bond motifs is 1. The highest BCUT2D eigenvalue weighted by Crippen LogP contribution is 2.43. The van der Waals surface area contributed by atoms with Gasteiger partial charge in [0.1, 0.15) is 11.1 Å². The van der Waals surface area contributed by atoms with Crippen molar-refractivity contribution in [3.8, 4) is 6.07 Å². The summed E-state index contributed by atoms with van der Waals surface area (Å²) in [6.07, 6.45) is 3.09. The molecular formula is C17H26N3OS+. The Bertz CT molecular complexity index is 605. The molecule has 2 N–H and O–H groups in total. The number of nitriles is 1. The summed E-state index contributed by atoms with van der Waals surface area (Å²) in [5.74, 6) is 0.613. The first-order valence-corrected chi connectivity index (χ1v) is 8.67. The molecule has 2 rings (SSSR count). The molecule has 4 nitrogen and oxygen atoms in total. The molecule has 0 fully saturated rings. The number of likely N-dealkylation sites (N-methyl/N-ethyl adjacent to an activating group) is 1. The molecule has 120 valence electrons. The van der Waals surface area contributed by atoms with Crippen LogP contribution in [-0.4, -0.2) is 26.5 Å². The minimum absolute atomic E-state index is 0.0255. The summed E-state index contributed by atoms with van der Waals surface area (Å²) >= 11 is 1.60. The van der Waals surface area contributed by atoms with E-state index < -0.39 is 0 Å². The number of quaternary nitrogens is 1. The predicted molar refractivity (Wildman–Crippen MR) is 90.3 cm³/mol. The molecule has 0 spiro atoms. The Balaban J connectivity index is 2.23. The highest BCUT2D eigenvalue weighted by Gasteiger charge is 2.32. The van der Waals surface area contributed by atoms with Crippen LogP contribution in [0, 0.1) is 22.7 Å². The highest BCUT2D eigenvalue weighted by atomic mass is 32.1. The zero-order chi connectivity index (χ0) is 16.5. The van der Waals surface area contributed by atoms with E-state index >= 15 is 0 Å². The van der Waals surface area contributed by atoms with E-state index in [0.717, 1.165) is 29.2 Å². The molecule has 1 aliphatic carbocycles. The van der Waals surface area contributed by atoms with E-state index in [1.54, 1.807) is 11.3 Å². The van der Waals surface area contributed by atoms with Crippen molar-refractivity contribution >= 4 is 22.2 Å². The molecule has 1 heterocycles. The van der Waals surface area contributed by atoms with Crippen LogP contribution in [0.25, 0.3) is 0 Å². The Kier molecular flexibility index (Phi) is 4.93. The first-order valence-electron chi connectivity index (χ1n) is 7.86. The number of amides is 1. The minimum atomic E-state index is -0.0255. The maximum Gasteiger partial charge on any atom is 0.280 e. The van der Waals surface area contributed by atoms with Gasteiger partial charge >= 0.3 is 0 Å². The van der Waals surface area contributed by atoms with Crippen LogP contribution in [0.2, 0.25) is 0 Å². The van der Waals surface area contributed by atoms with Crippen LogP contribution in [0.5, 0.6) is 0 Å². The average molecular weight is 320 g/mol. The van der Waals surface area contributed by atoms with E-state index in [1.807, 2.05) is 14.1 Å². The number of hydrogen-bond acceptors (Lipinski definition) is 3. The van der Waals surface area contributed by atoms with Crippen LogP contribution in [0.15, 0.2) is 0 Å². The molecule has 22 heavy (non-hydrogen) atoms. The lowest BCUT2D eigenvalue weighted by molar-refractivity contribution is -0.849. The summed E-state index contributed by atoms with van der Waals surface area (Å²) in [6, 6.07) is 2.30. The number of thiophene rings is 1. The average Bonchev–Trinajstić information content (AvgIpc) is 2.72. The molecule has 0 saturated carbocycles. The van der Waals surface area contributed by atoms with Crippen LogP contribution in [0.3, 0.4) is 0 Å². The van der Waals surface area contributed by atoms with Crippen LogP contribution in [0.4, 0.5) is 5.00 Å². The summed E-state index contributed by atoms with van der Waals surface area (Å²) in [4.78, 5) is 14.4. The van der Waals surface area contributed by atoms with Gasteiger partial charge in [-0.05, 0) is 36.2 Å². The lowest BCUT2D eigenvalue weighted by Gasteiger charge is -2.33. The third-order valence-electron chi connectivity index (χ3n) is 4.37. The summed E-state index contributed by atoms with van der Waals surface area (Å²) < 4.78 is 0. The van der Waals surface area contributed by atoms with Crippen molar-refractivity contribution in [2.45, 2.75) is 40.0 Å². The third kappa shape index (κ3) is 3.68. The largest absolute Gasteiger partial charge is 0.332 e. The topological polar surface area (TPSA) is 57.3 Å². The zero-order valence-corrected chi connectivity index (χ0v) is 15.0. The van der Waals surface area contributed by atoms with Crippen molar-refractivity contribution in [1.82, 2.24) is 0 Å². The van der Waals surface area contributed by atoms with E-state index in [9.17, 15) is 10.1 Å². The fraction of sp³-hybridized carbons (Fsp3) is 0.647. The Morgan fingerprint density at radius 2 is 2.14 bits per heavy atom. The van der Waals surface area contributed by atoms with Gasteiger partial charge in [-0.1, -0.05) is 20.8 Å². The second-order valence-electron chi connectivity index (χ2n) is 7.56. The molecule has 1 aliphatic rings. The number of hydrogen-bond donors (Lipinski definition) is 2. The van der Waals surface area contributed by atoms with Gasteiger partial charge in [0.05, 0.1) is 19.7 Å². The van der Waals surface area contributed by atoms with Gasteiger partial charge < -0.3 is 10.2 Å². The third-order valence-corrected chi connectivity index (χ3v) is 5.54. The molecule has 0 bridgehead atoms. The molecule has 1 aromatic rings. The fourth-order valence-corrected chi connectivity index (χ4v) is 4.32.